The molecule has 4 fully saturated rings. The molecule has 5 aliphatic rings. The second-order valence-corrected chi connectivity index (χ2v) is 16.6. The molecule has 0 amide bonds. The third-order valence-electron chi connectivity index (χ3n) is 14.3. The molecule has 51 heavy (non-hydrogen) atoms. The minimum atomic E-state index is -0.494. The Morgan fingerprint density at radius 2 is 1.80 bits per heavy atom. The Morgan fingerprint density at radius 1 is 1.00 bits per heavy atom. The molecule has 2 aromatic heterocycles. The molecule has 11 heteroatoms. The summed E-state index contributed by atoms with van der Waals surface area (Å²) in [6, 6.07) is 10.2. The van der Waals surface area contributed by atoms with Crippen molar-refractivity contribution in [2.75, 3.05) is 18.5 Å². The molecule has 0 unspecified atom stereocenters. The minimum Gasteiger partial charge on any atom is -0.491 e. The summed E-state index contributed by atoms with van der Waals surface area (Å²) in [5.41, 5.74) is 2.25. The van der Waals surface area contributed by atoms with Crippen LogP contribution in [0.3, 0.4) is 0 Å². The second-order valence-electron chi connectivity index (χ2n) is 16.6. The number of H-pyrrole nitrogens is 1. The van der Waals surface area contributed by atoms with Gasteiger partial charge in [0.2, 0.25) is 0 Å². The Morgan fingerprint density at radius 3 is 2.61 bits per heavy atom. The van der Waals surface area contributed by atoms with Gasteiger partial charge in [-0.15, -0.1) is 0 Å². The molecule has 0 radical (unpaired) electrons. The summed E-state index contributed by atoms with van der Waals surface area (Å²) in [6.45, 7) is 6.08. The average molecular weight is 697 g/mol. The number of ether oxygens (including phenoxy) is 2. The highest BCUT2D eigenvalue weighted by Gasteiger charge is 2.60. The first kappa shape index (κ1) is 33.0. The fraction of sp³-hybridized carbons (Fsp3) is 0.600. The van der Waals surface area contributed by atoms with Crippen molar-refractivity contribution in [2.24, 2.45) is 41.5 Å². The number of halogens is 1. The van der Waals surface area contributed by atoms with E-state index in [1.54, 1.807) is 4.68 Å². The van der Waals surface area contributed by atoms with E-state index in [2.05, 4.69) is 39.4 Å². The fourth-order valence-corrected chi connectivity index (χ4v) is 11.8. The Kier molecular flexibility index (Phi) is 8.03. The largest absolute Gasteiger partial charge is 0.491 e. The first-order valence-corrected chi connectivity index (χ1v) is 19.0. The lowest BCUT2D eigenvalue weighted by Gasteiger charge is -2.60. The van der Waals surface area contributed by atoms with E-state index in [9.17, 15) is 14.3 Å². The number of aliphatic hydroxyl groups excluding tert-OH is 1. The van der Waals surface area contributed by atoms with Crippen LogP contribution in [0.1, 0.15) is 101 Å². The SMILES string of the molecule is Cn1ncnc1[C@H]1c2n[nH]c(=O)c3cc(F)cc(c23)N[C@@H]1c1ccc(OCCO[C@H]2CC[C@H]3[C@@H]4CC[C@H]5C[C@H](O)CC[C@]5(C)[C@H]4CC[C@]23C)cc1. The highest BCUT2D eigenvalue weighted by molar-refractivity contribution is 5.97. The molecule has 4 aliphatic carbocycles. The molecule has 270 valence electrons. The second kappa shape index (κ2) is 12.4. The zero-order valence-corrected chi connectivity index (χ0v) is 29.8. The van der Waals surface area contributed by atoms with Crippen LogP contribution >= 0.6 is 0 Å². The molecular weight excluding hydrogens is 647 g/mol. The number of aromatic nitrogens is 5. The van der Waals surface area contributed by atoms with Crippen molar-refractivity contribution in [2.45, 2.75) is 95.8 Å². The summed E-state index contributed by atoms with van der Waals surface area (Å²) >= 11 is 0. The number of hydrogen-bond acceptors (Lipinski definition) is 8. The Bertz CT molecular complexity index is 2000. The molecule has 3 N–H and O–H groups in total. The zero-order valence-electron chi connectivity index (χ0n) is 29.8. The quantitative estimate of drug-likeness (QED) is 0.183. The van der Waals surface area contributed by atoms with Crippen molar-refractivity contribution in [3.05, 3.63) is 76.0 Å². The summed E-state index contributed by atoms with van der Waals surface area (Å²) in [5.74, 6) is 3.52. The van der Waals surface area contributed by atoms with Gasteiger partial charge in [0.25, 0.3) is 5.56 Å². The number of hydrogen-bond donors (Lipinski definition) is 3. The highest BCUT2D eigenvalue weighted by atomic mass is 19.1. The first-order valence-electron chi connectivity index (χ1n) is 19.0. The third kappa shape index (κ3) is 5.32. The maximum atomic E-state index is 14.7. The van der Waals surface area contributed by atoms with Crippen LogP contribution in [0.5, 0.6) is 5.75 Å². The molecule has 0 saturated heterocycles. The van der Waals surface area contributed by atoms with Crippen LogP contribution in [0.2, 0.25) is 0 Å². The monoisotopic (exact) mass is 696 g/mol. The molecule has 10 nitrogen and oxygen atoms in total. The van der Waals surface area contributed by atoms with Crippen LogP contribution in [0.15, 0.2) is 47.5 Å². The van der Waals surface area contributed by atoms with Crippen molar-refractivity contribution < 1.29 is 19.0 Å². The molecule has 0 bridgehead atoms. The van der Waals surface area contributed by atoms with Crippen LogP contribution in [0, 0.1) is 40.3 Å². The maximum Gasteiger partial charge on any atom is 0.272 e. The third-order valence-corrected chi connectivity index (χ3v) is 14.3. The standard InChI is InChI=1S/C40H49FN6O4/c1-39-14-12-25(48)18-23(39)6-9-27-29-10-11-32(40(29,2)15-13-30(27)39)51-17-16-50-26-7-4-22(5-8-26)35-34(37-42-21-43-47(37)3)36-33-28(38(49)46-45-36)19-24(41)20-31(33)44-35/h4-5,7-8,19-21,23,25,27,29-30,32,34-35,44,48H,6,9-18H2,1-3H3,(H,46,49)/t23-,25+,27-,29-,30-,32-,34+,35+,39-,40-/m0/s1. The number of fused-ring (bicyclic) bond motifs is 5. The van der Waals surface area contributed by atoms with Crippen LogP contribution in [0.4, 0.5) is 10.1 Å². The lowest BCUT2D eigenvalue weighted by Crippen LogP contribution is -2.54. The lowest BCUT2D eigenvalue weighted by molar-refractivity contribution is -0.142. The Balaban J connectivity index is 0.860. The van der Waals surface area contributed by atoms with Crippen LogP contribution in [-0.2, 0) is 11.8 Å². The van der Waals surface area contributed by atoms with Gasteiger partial charge < -0.3 is 19.9 Å². The van der Waals surface area contributed by atoms with E-state index in [0.29, 0.717) is 47.1 Å². The van der Waals surface area contributed by atoms with Gasteiger partial charge in [-0.25, -0.2) is 14.5 Å². The molecule has 10 atom stereocenters. The van der Waals surface area contributed by atoms with Gasteiger partial charge in [0, 0.05) is 18.1 Å². The Labute approximate surface area is 297 Å². The number of aryl methyl sites for hydroxylation is 1. The highest BCUT2D eigenvalue weighted by Crippen LogP contribution is 2.66. The smallest absolute Gasteiger partial charge is 0.272 e. The molecule has 4 aromatic rings. The van der Waals surface area contributed by atoms with E-state index in [0.717, 1.165) is 48.3 Å². The van der Waals surface area contributed by atoms with Gasteiger partial charge in [0.05, 0.1) is 41.9 Å². The fourth-order valence-electron chi connectivity index (χ4n) is 11.8. The molecule has 4 saturated carbocycles. The van der Waals surface area contributed by atoms with Crippen LogP contribution in [-0.4, -0.2) is 55.5 Å². The van der Waals surface area contributed by atoms with E-state index in [1.807, 2.05) is 31.3 Å². The first-order chi connectivity index (χ1) is 24.6. The van der Waals surface area contributed by atoms with E-state index in [1.165, 1.54) is 57.0 Å². The zero-order chi connectivity index (χ0) is 35.1. The molecule has 3 heterocycles. The molecule has 2 aromatic carbocycles. The van der Waals surface area contributed by atoms with Gasteiger partial charge >= 0.3 is 0 Å². The van der Waals surface area contributed by atoms with E-state index in [4.69, 9.17) is 9.47 Å². The van der Waals surface area contributed by atoms with Crippen molar-refractivity contribution >= 4 is 16.5 Å². The number of aromatic amines is 1. The van der Waals surface area contributed by atoms with E-state index < -0.39 is 17.3 Å². The predicted molar refractivity (Wildman–Crippen MR) is 191 cm³/mol. The maximum absolute atomic E-state index is 14.7. The van der Waals surface area contributed by atoms with Gasteiger partial charge in [-0.2, -0.15) is 10.2 Å². The minimum absolute atomic E-state index is 0.0957. The Hall–Kier alpha value is -3.83. The number of nitrogens with zero attached hydrogens (tertiary/aromatic N) is 4. The predicted octanol–water partition coefficient (Wildman–Crippen LogP) is 6.66. The number of nitrogens with one attached hydrogen (secondary N) is 2. The normalized spacial score (nSPS) is 35.5. The summed E-state index contributed by atoms with van der Waals surface area (Å²) < 4.78 is 29.2. The summed E-state index contributed by atoms with van der Waals surface area (Å²) in [4.78, 5) is 17.2. The van der Waals surface area contributed by atoms with Gasteiger partial charge in [-0.1, -0.05) is 26.0 Å². The number of aliphatic hydroxyl groups is 1. The lowest BCUT2D eigenvalue weighted by atomic mass is 9.45. The molecular formula is C40H49FN6O4. The summed E-state index contributed by atoms with van der Waals surface area (Å²) in [7, 11) is 1.83. The van der Waals surface area contributed by atoms with Crippen molar-refractivity contribution in [1.29, 1.82) is 0 Å². The topological polar surface area (TPSA) is 127 Å². The average Bonchev–Trinajstić information content (AvgIpc) is 3.70. The molecule has 1 aliphatic heterocycles. The number of anilines is 1. The number of benzene rings is 2. The molecule has 0 spiro atoms. The van der Waals surface area contributed by atoms with Crippen molar-refractivity contribution in [3.63, 3.8) is 0 Å². The van der Waals surface area contributed by atoms with Crippen molar-refractivity contribution in [1.82, 2.24) is 25.0 Å². The summed E-state index contributed by atoms with van der Waals surface area (Å²) in [5, 5.41) is 26.0. The van der Waals surface area contributed by atoms with Gasteiger partial charge in [0.15, 0.2) is 0 Å². The van der Waals surface area contributed by atoms with Gasteiger partial charge in [-0.05, 0) is 122 Å². The molecule has 9 rings (SSSR count). The van der Waals surface area contributed by atoms with Crippen LogP contribution < -0.4 is 15.6 Å². The van der Waals surface area contributed by atoms with Gasteiger partial charge in [0.1, 0.15) is 30.3 Å². The van der Waals surface area contributed by atoms with Crippen LogP contribution in [0.25, 0.3) is 10.8 Å². The van der Waals surface area contributed by atoms with Crippen molar-refractivity contribution in [3.8, 4) is 5.75 Å². The van der Waals surface area contributed by atoms with E-state index in [-0.39, 0.29) is 29.1 Å². The van der Waals surface area contributed by atoms with E-state index >= 15 is 0 Å². The summed E-state index contributed by atoms with van der Waals surface area (Å²) in [6.07, 6.45) is 12.3. The van der Waals surface area contributed by atoms with Gasteiger partial charge in [-0.3, -0.25) is 9.48 Å². The number of rotatable bonds is 7.